The zero-order valence-corrected chi connectivity index (χ0v) is 12.6. The van der Waals surface area contributed by atoms with Crippen LogP contribution in [0.2, 0.25) is 0 Å². The Bertz CT molecular complexity index is 630. The number of nitrogens with zero attached hydrogens (tertiary/aromatic N) is 2. The lowest BCUT2D eigenvalue weighted by molar-refractivity contribution is 0.480. The second kappa shape index (κ2) is 6.36. The first kappa shape index (κ1) is 14.3. The molecule has 0 saturated carbocycles. The zero-order chi connectivity index (χ0) is 14.5. The molecule has 0 fully saturated rings. The van der Waals surface area contributed by atoms with Gasteiger partial charge in [-0.15, -0.1) is 11.8 Å². The van der Waals surface area contributed by atoms with Crippen molar-refractivity contribution >= 4 is 17.4 Å². The average molecular weight is 284 g/mol. The van der Waals surface area contributed by atoms with Crippen molar-refractivity contribution in [2.75, 3.05) is 25.3 Å². The van der Waals surface area contributed by atoms with E-state index in [1.54, 1.807) is 11.8 Å². The average Bonchev–Trinajstić information content (AvgIpc) is 2.48. The lowest BCUT2D eigenvalue weighted by Gasteiger charge is -2.14. The van der Waals surface area contributed by atoms with Gasteiger partial charge in [-0.2, -0.15) is 5.26 Å². The fourth-order valence-electron chi connectivity index (χ4n) is 1.74. The summed E-state index contributed by atoms with van der Waals surface area (Å²) in [4.78, 5) is 3.14. The van der Waals surface area contributed by atoms with E-state index in [1.807, 2.05) is 67.7 Å². The molecule has 2 aromatic rings. The van der Waals surface area contributed by atoms with Crippen molar-refractivity contribution in [3.8, 4) is 17.6 Å². The zero-order valence-electron chi connectivity index (χ0n) is 11.8. The fourth-order valence-corrected chi connectivity index (χ4v) is 2.15. The maximum Gasteiger partial charge on any atom is 0.145 e. The summed E-state index contributed by atoms with van der Waals surface area (Å²) in [5.41, 5.74) is 1.51. The molecule has 0 aliphatic rings. The van der Waals surface area contributed by atoms with Crippen LogP contribution < -0.4 is 9.64 Å². The third-order valence-electron chi connectivity index (χ3n) is 2.89. The minimum absolute atomic E-state index is 0.533. The van der Waals surface area contributed by atoms with Gasteiger partial charge in [0.15, 0.2) is 0 Å². The molecular weight excluding hydrogens is 268 g/mol. The van der Waals surface area contributed by atoms with Gasteiger partial charge < -0.3 is 9.64 Å². The van der Waals surface area contributed by atoms with Crippen LogP contribution >= 0.6 is 11.8 Å². The number of benzene rings is 2. The van der Waals surface area contributed by atoms with Gasteiger partial charge in [-0.25, -0.2) is 0 Å². The maximum atomic E-state index is 9.23. The molecule has 102 valence electrons. The standard InChI is InChI=1S/C16H16N2OS/c1-18(2)13-4-9-16(12(10-13)11-17)19-14-5-7-15(20-3)8-6-14/h4-10H,1-3H3. The Hall–Kier alpha value is -2.12. The van der Waals surface area contributed by atoms with Gasteiger partial charge in [0.05, 0.1) is 5.56 Å². The van der Waals surface area contributed by atoms with E-state index in [-0.39, 0.29) is 0 Å². The molecule has 0 bridgehead atoms. The molecule has 0 aliphatic carbocycles. The van der Waals surface area contributed by atoms with Crippen molar-refractivity contribution in [3.05, 3.63) is 48.0 Å². The van der Waals surface area contributed by atoms with E-state index >= 15 is 0 Å². The molecule has 2 aromatic carbocycles. The highest BCUT2D eigenvalue weighted by atomic mass is 32.2. The van der Waals surface area contributed by atoms with Crippen LogP contribution in [0.25, 0.3) is 0 Å². The summed E-state index contributed by atoms with van der Waals surface area (Å²) in [6.07, 6.45) is 2.03. The highest BCUT2D eigenvalue weighted by Gasteiger charge is 2.07. The van der Waals surface area contributed by atoms with Crippen LogP contribution in [0.15, 0.2) is 47.4 Å². The molecule has 4 heteroatoms. The van der Waals surface area contributed by atoms with E-state index in [4.69, 9.17) is 4.74 Å². The molecule has 0 unspecified atom stereocenters. The Morgan fingerprint density at radius 2 is 1.80 bits per heavy atom. The Balaban J connectivity index is 2.26. The van der Waals surface area contributed by atoms with Crippen LogP contribution in [-0.2, 0) is 0 Å². The molecule has 2 rings (SSSR count). The van der Waals surface area contributed by atoms with E-state index in [0.717, 1.165) is 11.4 Å². The smallest absolute Gasteiger partial charge is 0.145 e. The second-order valence-electron chi connectivity index (χ2n) is 4.46. The molecule has 0 saturated heterocycles. The molecule has 0 heterocycles. The molecule has 0 aliphatic heterocycles. The van der Waals surface area contributed by atoms with Crippen molar-refractivity contribution in [3.63, 3.8) is 0 Å². The Morgan fingerprint density at radius 1 is 1.10 bits per heavy atom. The van der Waals surface area contributed by atoms with Gasteiger partial charge in [0.1, 0.15) is 17.6 Å². The summed E-state index contributed by atoms with van der Waals surface area (Å²) in [5, 5.41) is 9.23. The topological polar surface area (TPSA) is 36.3 Å². The largest absolute Gasteiger partial charge is 0.456 e. The molecule has 0 atom stereocenters. The number of anilines is 1. The highest BCUT2D eigenvalue weighted by molar-refractivity contribution is 7.98. The van der Waals surface area contributed by atoms with Crippen LogP contribution in [0.5, 0.6) is 11.5 Å². The lowest BCUT2D eigenvalue weighted by atomic mass is 10.2. The third-order valence-corrected chi connectivity index (χ3v) is 3.63. The monoisotopic (exact) mass is 284 g/mol. The maximum absolute atomic E-state index is 9.23. The molecule has 0 N–H and O–H groups in total. The summed E-state index contributed by atoms with van der Waals surface area (Å²) in [7, 11) is 3.89. The molecule has 0 radical (unpaired) electrons. The van der Waals surface area contributed by atoms with Crippen LogP contribution in [0.4, 0.5) is 5.69 Å². The first-order valence-corrected chi connectivity index (χ1v) is 7.40. The number of thioether (sulfide) groups is 1. The van der Waals surface area contributed by atoms with Gasteiger partial charge in [0.2, 0.25) is 0 Å². The van der Waals surface area contributed by atoms with Gasteiger partial charge in [-0.3, -0.25) is 0 Å². The number of hydrogen-bond donors (Lipinski definition) is 0. The van der Waals surface area contributed by atoms with E-state index in [1.165, 1.54) is 4.90 Å². The summed E-state index contributed by atoms with van der Waals surface area (Å²) < 4.78 is 5.78. The van der Waals surface area contributed by atoms with Crippen molar-refractivity contribution < 1.29 is 4.74 Å². The summed E-state index contributed by atoms with van der Waals surface area (Å²) in [6.45, 7) is 0. The minimum atomic E-state index is 0.533. The van der Waals surface area contributed by atoms with Crippen molar-refractivity contribution in [2.24, 2.45) is 0 Å². The Labute approximate surface area is 123 Å². The van der Waals surface area contributed by atoms with Gasteiger partial charge >= 0.3 is 0 Å². The van der Waals surface area contributed by atoms with Crippen LogP contribution in [0.3, 0.4) is 0 Å². The van der Waals surface area contributed by atoms with Gasteiger partial charge in [0.25, 0.3) is 0 Å². The predicted octanol–water partition coefficient (Wildman–Crippen LogP) is 4.14. The Kier molecular flexibility index (Phi) is 4.54. The normalized spacial score (nSPS) is 9.90. The summed E-state index contributed by atoms with van der Waals surface area (Å²) in [5.74, 6) is 1.31. The summed E-state index contributed by atoms with van der Waals surface area (Å²) in [6, 6.07) is 15.6. The molecular formula is C16H16N2OS. The number of hydrogen-bond acceptors (Lipinski definition) is 4. The van der Waals surface area contributed by atoms with Crippen LogP contribution in [0.1, 0.15) is 5.56 Å². The van der Waals surface area contributed by atoms with E-state index in [2.05, 4.69) is 6.07 Å². The molecule has 0 amide bonds. The summed E-state index contributed by atoms with van der Waals surface area (Å²) >= 11 is 1.68. The van der Waals surface area contributed by atoms with E-state index in [9.17, 15) is 5.26 Å². The highest BCUT2D eigenvalue weighted by Crippen LogP contribution is 2.29. The molecule has 0 spiro atoms. The quantitative estimate of drug-likeness (QED) is 0.791. The molecule has 0 aromatic heterocycles. The SMILES string of the molecule is CSc1ccc(Oc2ccc(N(C)C)cc2C#N)cc1. The van der Waals surface area contributed by atoms with Gasteiger partial charge in [-0.05, 0) is 48.7 Å². The van der Waals surface area contributed by atoms with Crippen molar-refractivity contribution in [1.82, 2.24) is 0 Å². The fraction of sp³-hybridized carbons (Fsp3) is 0.188. The first-order chi connectivity index (χ1) is 9.63. The Morgan fingerprint density at radius 3 is 2.35 bits per heavy atom. The number of rotatable bonds is 4. The van der Waals surface area contributed by atoms with Gasteiger partial charge in [-0.1, -0.05) is 0 Å². The third kappa shape index (κ3) is 3.25. The first-order valence-electron chi connectivity index (χ1n) is 6.17. The minimum Gasteiger partial charge on any atom is -0.456 e. The predicted molar refractivity (Wildman–Crippen MR) is 83.8 cm³/mol. The van der Waals surface area contributed by atoms with E-state index in [0.29, 0.717) is 11.3 Å². The molecule has 20 heavy (non-hydrogen) atoms. The van der Waals surface area contributed by atoms with Crippen LogP contribution in [0, 0.1) is 11.3 Å². The van der Waals surface area contributed by atoms with Gasteiger partial charge in [0, 0.05) is 24.7 Å². The second-order valence-corrected chi connectivity index (χ2v) is 5.34. The number of nitriles is 1. The number of ether oxygens (including phenoxy) is 1. The van der Waals surface area contributed by atoms with Crippen LogP contribution in [-0.4, -0.2) is 20.4 Å². The molecule has 3 nitrogen and oxygen atoms in total. The lowest BCUT2D eigenvalue weighted by Crippen LogP contribution is -2.08. The van der Waals surface area contributed by atoms with E-state index < -0.39 is 0 Å². The van der Waals surface area contributed by atoms with Crippen molar-refractivity contribution in [2.45, 2.75) is 4.90 Å². The van der Waals surface area contributed by atoms with Crippen molar-refractivity contribution in [1.29, 1.82) is 5.26 Å².